The Kier molecular flexibility index (Phi) is 7.60. The molecular formula is C14H22NO3. The van der Waals surface area contributed by atoms with Crippen LogP contribution >= 0.6 is 0 Å². The fourth-order valence-electron chi connectivity index (χ4n) is 1.76. The molecule has 0 fully saturated rings. The Balaban J connectivity index is 2.13. The maximum atomic E-state index is 10.2. The smallest absolute Gasteiger partial charge is 0.0914 e. The van der Waals surface area contributed by atoms with E-state index in [9.17, 15) is 15.3 Å². The number of nitrogens with one attached hydrogen (secondary N) is 1. The van der Waals surface area contributed by atoms with Crippen LogP contribution in [0.15, 0.2) is 30.3 Å². The number of aliphatic hydroxyl groups excluding tert-OH is 2. The van der Waals surface area contributed by atoms with Crippen LogP contribution in [0.2, 0.25) is 0 Å². The largest absolute Gasteiger partial charge is 0.392 e. The molecule has 2 unspecified atom stereocenters. The highest BCUT2D eigenvalue weighted by Crippen LogP contribution is 2.10. The first-order valence-corrected chi connectivity index (χ1v) is 6.44. The molecule has 4 nitrogen and oxygen atoms in total. The molecule has 0 aromatic heterocycles. The summed E-state index contributed by atoms with van der Waals surface area (Å²) in [7, 11) is 0. The van der Waals surface area contributed by atoms with Gasteiger partial charge in [0.15, 0.2) is 0 Å². The second-order valence-corrected chi connectivity index (χ2v) is 4.44. The third kappa shape index (κ3) is 6.12. The third-order valence-corrected chi connectivity index (χ3v) is 2.83. The summed E-state index contributed by atoms with van der Waals surface area (Å²) >= 11 is 0. The Hall–Kier alpha value is -0.940. The van der Waals surface area contributed by atoms with E-state index in [-0.39, 0.29) is 6.61 Å². The van der Waals surface area contributed by atoms with Crippen LogP contribution in [0.5, 0.6) is 0 Å². The van der Waals surface area contributed by atoms with Gasteiger partial charge in [0.2, 0.25) is 0 Å². The molecule has 1 aromatic carbocycles. The molecule has 0 spiro atoms. The molecule has 0 heterocycles. The highest BCUT2D eigenvalue weighted by Gasteiger charge is 2.08. The molecule has 0 saturated heterocycles. The van der Waals surface area contributed by atoms with Crippen LogP contribution in [0.3, 0.4) is 0 Å². The highest BCUT2D eigenvalue weighted by atomic mass is 16.3. The van der Waals surface area contributed by atoms with E-state index in [0.717, 1.165) is 12.0 Å². The molecule has 101 valence electrons. The summed E-state index contributed by atoms with van der Waals surface area (Å²) in [5.74, 6) is 0. The Labute approximate surface area is 108 Å². The maximum absolute atomic E-state index is 10.2. The summed E-state index contributed by atoms with van der Waals surface area (Å²) < 4.78 is 0. The molecule has 0 saturated carbocycles. The van der Waals surface area contributed by atoms with Gasteiger partial charge in [-0.05, 0) is 24.8 Å². The van der Waals surface area contributed by atoms with Crippen LogP contribution in [0.4, 0.5) is 0 Å². The van der Waals surface area contributed by atoms with E-state index in [1.807, 2.05) is 30.3 Å². The van der Waals surface area contributed by atoms with Gasteiger partial charge in [-0.1, -0.05) is 30.3 Å². The van der Waals surface area contributed by atoms with Crippen molar-refractivity contribution in [1.29, 1.82) is 0 Å². The normalized spacial score (nSPS) is 14.4. The number of hydrogen-bond acceptors (Lipinski definition) is 3. The van der Waals surface area contributed by atoms with Gasteiger partial charge < -0.3 is 15.5 Å². The fourth-order valence-corrected chi connectivity index (χ4v) is 1.76. The molecule has 1 radical (unpaired) electrons. The molecule has 3 N–H and O–H groups in total. The Bertz CT molecular complexity index is 305. The molecule has 0 aliphatic carbocycles. The van der Waals surface area contributed by atoms with Gasteiger partial charge in [-0.3, -0.25) is 0 Å². The quantitative estimate of drug-likeness (QED) is 0.580. The second-order valence-electron chi connectivity index (χ2n) is 4.44. The number of benzene rings is 1. The van der Waals surface area contributed by atoms with Gasteiger partial charge in [0.25, 0.3) is 0 Å². The van der Waals surface area contributed by atoms with Crippen molar-refractivity contribution in [2.75, 3.05) is 19.7 Å². The zero-order valence-electron chi connectivity index (χ0n) is 10.6. The number of aliphatic hydroxyl groups is 2. The summed E-state index contributed by atoms with van der Waals surface area (Å²) in [5.41, 5.74) is 0.867. The van der Waals surface area contributed by atoms with E-state index in [2.05, 4.69) is 5.32 Å². The first kappa shape index (κ1) is 15.1. The Morgan fingerprint density at radius 1 is 1.06 bits per heavy atom. The third-order valence-electron chi connectivity index (χ3n) is 2.83. The SMILES string of the molecule is [O]CCCCC(O)CNCC(O)c1ccccc1. The zero-order chi connectivity index (χ0) is 13.2. The minimum absolute atomic E-state index is 0.0765. The van der Waals surface area contributed by atoms with E-state index in [0.29, 0.717) is 25.9 Å². The second kappa shape index (κ2) is 9.05. The van der Waals surface area contributed by atoms with Crippen molar-refractivity contribution in [2.45, 2.75) is 31.5 Å². The number of rotatable bonds is 9. The summed E-state index contributed by atoms with van der Waals surface area (Å²) in [5, 5.41) is 32.7. The van der Waals surface area contributed by atoms with Crippen LogP contribution in [-0.4, -0.2) is 36.0 Å². The van der Waals surface area contributed by atoms with Gasteiger partial charge in [-0.15, -0.1) is 0 Å². The van der Waals surface area contributed by atoms with Crippen molar-refractivity contribution in [1.82, 2.24) is 5.32 Å². The number of unbranched alkanes of at least 4 members (excludes halogenated alkanes) is 1. The lowest BCUT2D eigenvalue weighted by Crippen LogP contribution is -2.30. The minimum Gasteiger partial charge on any atom is -0.392 e. The van der Waals surface area contributed by atoms with E-state index in [4.69, 9.17) is 0 Å². The summed E-state index contributed by atoms with van der Waals surface area (Å²) in [6.45, 7) is 0.790. The van der Waals surface area contributed by atoms with Crippen LogP contribution in [0.25, 0.3) is 0 Å². The predicted molar refractivity (Wildman–Crippen MR) is 69.7 cm³/mol. The van der Waals surface area contributed by atoms with E-state index in [1.165, 1.54) is 0 Å². The molecule has 18 heavy (non-hydrogen) atoms. The Morgan fingerprint density at radius 2 is 1.78 bits per heavy atom. The zero-order valence-corrected chi connectivity index (χ0v) is 10.6. The molecule has 4 heteroatoms. The van der Waals surface area contributed by atoms with Crippen LogP contribution in [0, 0.1) is 0 Å². The molecular weight excluding hydrogens is 230 g/mol. The fraction of sp³-hybridized carbons (Fsp3) is 0.571. The van der Waals surface area contributed by atoms with Crippen LogP contribution < -0.4 is 5.32 Å². The predicted octanol–water partition coefficient (Wildman–Crippen LogP) is 1.27. The molecule has 1 aromatic rings. The van der Waals surface area contributed by atoms with E-state index < -0.39 is 12.2 Å². The maximum Gasteiger partial charge on any atom is 0.0914 e. The van der Waals surface area contributed by atoms with Crippen molar-refractivity contribution in [3.05, 3.63) is 35.9 Å². The molecule has 1 rings (SSSR count). The van der Waals surface area contributed by atoms with Gasteiger partial charge in [-0.25, -0.2) is 5.11 Å². The molecule has 2 atom stereocenters. The average molecular weight is 252 g/mol. The van der Waals surface area contributed by atoms with Crippen LogP contribution in [0.1, 0.15) is 30.9 Å². The lowest BCUT2D eigenvalue weighted by atomic mass is 10.1. The average Bonchev–Trinajstić information content (AvgIpc) is 2.40. The van der Waals surface area contributed by atoms with Gasteiger partial charge >= 0.3 is 0 Å². The molecule has 0 aliphatic rings. The van der Waals surface area contributed by atoms with Crippen molar-refractivity contribution in [3.63, 3.8) is 0 Å². The summed E-state index contributed by atoms with van der Waals surface area (Å²) in [6, 6.07) is 9.42. The molecule has 0 aliphatic heterocycles. The number of hydrogen-bond donors (Lipinski definition) is 3. The highest BCUT2D eigenvalue weighted by molar-refractivity contribution is 5.17. The van der Waals surface area contributed by atoms with Gasteiger partial charge in [0, 0.05) is 13.1 Å². The Morgan fingerprint density at radius 3 is 2.44 bits per heavy atom. The van der Waals surface area contributed by atoms with E-state index in [1.54, 1.807) is 0 Å². The monoisotopic (exact) mass is 252 g/mol. The topological polar surface area (TPSA) is 72.4 Å². The van der Waals surface area contributed by atoms with E-state index >= 15 is 0 Å². The summed E-state index contributed by atoms with van der Waals surface area (Å²) in [6.07, 6.45) is 1.01. The molecule has 0 amide bonds. The minimum atomic E-state index is -0.556. The molecule has 0 bridgehead atoms. The van der Waals surface area contributed by atoms with Crippen LogP contribution in [-0.2, 0) is 5.11 Å². The standard InChI is InChI=1S/C14H22NO3/c16-9-5-4-8-13(17)10-15-11-14(18)12-6-2-1-3-7-12/h1-3,6-7,13-15,17-18H,4-5,8-11H2. The lowest BCUT2D eigenvalue weighted by Gasteiger charge is -2.15. The summed E-state index contributed by atoms with van der Waals surface area (Å²) in [4.78, 5) is 0. The van der Waals surface area contributed by atoms with Gasteiger partial charge in [-0.2, -0.15) is 0 Å². The van der Waals surface area contributed by atoms with Crippen molar-refractivity contribution < 1.29 is 15.3 Å². The first-order valence-electron chi connectivity index (χ1n) is 6.44. The van der Waals surface area contributed by atoms with Crippen molar-refractivity contribution in [2.24, 2.45) is 0 Å². The lowest BCUT2D eigenvalue weighted by molar-refractivity contribution is 0.132. The van der Waals surface area contributed by atoms with Crippen molar-refractivity contribution in [3.8, 4) is 0 Å². The van der Waals surface area contributed by atoms with Gasteiger partial charge in [0.05, 0.1) is 18.8 Å². The van der Waals surface area contributed by atoms with Crippen molar-refractivity contribution >= 4 is 0 Å². The van der Waals surface area contributed by atoms with Gasteiger partial charge in [0.1, 0.15) is 0 Å². The first-order chi connectivity index (χ1) is 8.74.